The molecular formula is C13H10BrF3N2. The third-order valence-electron chi connectivity index (χ3n) is 3.02. The van der Waals surface area contributed by atoms with Crippen LogP contribution in [0.1, 0.15) is 17.7 Å². The fourth-order valence-corrected chi connectivity index (χ4v) is 2.63. The molecule has 100 valence electrons. The van der Waals surface area contributed by atoms with Crippen LogP contribution in [0.3, 0.4) is 0 Å². The maximum Gasteiger partial charge on any atom is 0.431 e. The molecular weight excluding hydrogens is 321 g/mol. The summed E-state index contributed by atoms with van der Waals surface area (Å²) >= 11 is 3.26. The molecule has 0 atom stereocenters. The van der Waals surface area contributed by atoms with Crippen LogP contribution >= 0.6 is 15.9 Å². The van der Waals surface area contributed by atoms with Gasteiger partial charge in [0.25, 0.3) is 0 Å². The Morgan fingerprint density at radius 1 is 1.37 bits per heavy atom. The van der Waals surface area contributed by atoms with Gasteiger partial charge in [0.15, 0.2) is 0 Å². The lowest BCUT2D eigenvalue weighted by atomic mass is 10.1. The Labute approximate surface area is 116 Å². The lowest BCUT2D eigenvalue weighted by molar-refractivity contribution is -0.143. The number of rotatable bonds is 2. The third kappa shape index (κ3) is 2.47. The number of fused-ring (bicyclic) bond motifs is 1. The molecule has 1 heterocycles. The van der Waals surface area contributed by atoms with E-state index in [2.05, 4.69) is 15.9 Å². The Balaban J connectivity index is 2.77. The average molecular weight is 331 g/mol. The Bertz CT molecular complexity index is 665. The van der Waals surface area contributed by atoms with E-state index in [1.165, 1.54) is 7.05 Å². The molecule has 0 unspecified atom stereocenters. The van der Waals surface area contributed by atoms with Crippen LogP contribution in [0.5, 0.6) is 0 Å². The number of alkyl halides is 3. The molecule has 2 rings (SSSR count). The molecule has 1 aromatic heterocycles. The van der Waals surface area contributed by atoms with Crippen molar-refractivity contribution < 1.29 is 13.2 Å². The number of aromatic nitrogens is 1. The van der Waals surface area contributed by atoms with E-state index in [0.717, 1.165) is 9.04 Å². The van der Waals surface area contributed by atoms with Gasteiger partial charge in [0.2, 0.25) is 0 Å². The van der Waals surface area contributed by atoms with Gasteiger partial charge in [0, 0.05) is 28.8 Å². The van der Waals surface area contributed by atoms with Crippen molar-refractivity contribution in [2.75, 3.05) is 0 Å². The van der Waals surface area contributed by atoms with E-state index in [9.17, 15) is 13.2 Å². The lowest BCUT2D eigenvalue weighted by Gasteiger charge is -2.10. The Morgan fingerprint density at radius 3 is 2.63 bits per heavy atom. The first-order valence-electron chi connectivity index (χ1n) is 5.57. The second-order valence-corrected chi connectivity index (χ2v) is 5.12. The fraction of sp³-hybridized carbons (Fsp3) is 0.308. The summed E-state index contributed by atoms with van der Waals surface area (Å²) in [5.74, 6) is 0. The average Bonchev–Trinajstić information content (AvgIpc) is 2.59. The van der Waals surface area contributed by atoms with E-state index in [1.54, 1.807) is 18.2 Å². The quantitative estimate of drug-likeness (QED) is 0.801. The van der Waals surface area contributed by atoms with Gasteiger partial charge < -0.3 is 4.57 Å². The number of hydrogen-bond acceptors (Lipinski definition) is 1. The molecule has 0 aliphatic carbocycles. The summed E-state index contributed by atoms with van der Waals surface area (Å²) in [5.41, 5.74) is 0.0320. The highest BCUT2D eigenvalue weighted by molar-refractivity contribution is 9.10. The summed E-state index contributed by atoms with van der Waals surface area (Å²) in [6.45, 7) is 0. The highest BCUT2D eigenvalue weighted by Gasteiger charge is 2.38. The van der Waals surface area contributed by atoms with Crippen molar-refractivity contribution in [3.8, 4) is 6.07 Å². The molecule has 0 amide bonds. The van der Waals surface area contributed by atoms with Crippen molar-refractivity contribution in [2.45, 2.75) is 19.0 Å². The zero-order valence-corrected chi connectivity index (χ0v) is 11.6. The number of nitriles is 1. The summed E-state index contributed by atoms with van der Waals surface area (Å²) in [7, 11) is 1.40. The molecule has 0 spiro atoms. The highest BCUT2D eigenvalue weighted by atomic mass is 79.9. The number of halogens is 4. The number of aryl methyl sites for hydroxylation is 2. The van der Waals surface area contributed by atoms with E-state index >= 15 is 0 Å². The van der Waals surface area contributed by atoms with Crippen LogP contribution in [0.2, 0.25) is 0 Å². The van der Waals surface area contributed by atoms with Crippen LogP contribution in [0.15, 0.2) is 22.7 Å². The topological polar surface area (TPSA) is 28.7 Å². The van der Waals surface area contributed by atoms with E-state index in [4.69, 9.17) is 5.26 Å². The first-order valence-corrected chi connectivity index (χ1v) is 6.36. The Morgan fingerprint density at radius 2 is 2.05 bits per heavy atom. The minimum Gasteiger partial charge on any atom is -0.340 e. The van der Waals surface area contributed by atoms with Crippen LogP contribution in [0, 0.1) is 11.3 Å². The molecule has 19 heavy (non-hydrogen) atoms. The van der Waals surface area contributed by atoms with Gasteiger partial charge in [-0.1, -0.05) is 22.0 Å². The Hall–Kier alpha value is -1.48. The molecule has 1 aromatic carbocycles. The molecule has 0 aliphatic heterocycles. The van der Waals surface area contributed by atoms with Crippen molar-refractivity contribution in [3.05, 3.63) is 33.9 Å². The minimum atomic E-state index is -4.43. The van der Waals surface area contributed by atoms with Crippen molar-refractivity contribution in [3.63, 3.8) is 0 Å². The van der Waals surface area contributed by atoms with Gasteiger partial charge >= 0.3 is 6.18 Å². The van der Waals surface area contributed by atoms with Gasteiger partial charge in [-0.25, -0.2) is 0 Å². The van der Waals surface area contributed by atoms with Gasteiger partial charge in [-0.2, -0.15) is 18.4 Å². The maximum atomic E-state index is 13.2. The number of benzene rings is 1. The molecule has 2 nitrogen and oxygen atoms in total. The molecule has 0 radical (unpaired) electrons. The molecule has 0 saturated carbocycles. The van der Waals surface area contributed by atoms with E-state index in [-0.39, 0.29) is 18.4 Å². The smallest absolute Gasteiger partial charge is 0.340 e. The summed E-state index contributed by atoms with van der Waals surface area (Å²) < 4.78 is 41.3. The van der Waals surface area contributed by atoms with Gasteiger partial charge in [-0.05, 0) is 24.1 Å². The van der Waals surface area contributed by atoms with Crippen LogP contribution < -0.4 is 0 Å². The molecule has 0 bridgehead atoms. The maximum absolute atomic E-state index is 13.2. The summed E-state index contributed by atoms with van der Waals surface area (Å²) in [4.78, 5) is 0. The highest BCUT2D eigenvalue weighted by Crippen LogP contribution is 2.38. The molecule has 0 N–H and O–H groups in total. The largest absolute Gasteiger partial charge is 0.431 e. The van der Waals surface area contributed by atoms with Gasteiger partial charge in [0.1, 0.15) is 5.69 Å². The molecule has 0 aliphatic rings. The monoisotopic (exact) mass is 330 g/mol. The molecule has 6 heteroatoms. The second kappa shape index (κ2) is 4.89. The zero-order valence-electron chi connectivity index (χ0n) is 10.1. The first-order chi connectivity index (χ1) is 8.86. The molecule has 2 aromatic rings. The first kappa shape index (κ1) is 13.9. The van der Waals surface area contributed by atoms with E-state index in [0.29, 0.717) is 10.9 Å². The summed E-state index contributed by atoms with van der Waals surface area (Å²) in [6.07, 6.45) is -4.26. The van der Waals surface area contributed by atoms with Gasteiger partial charge in [-0.3, -0.25) is 0 Å². The van der Waals surface area contributed by atoms with Crippen molar-refractivity contribution in [1.82, 2.24) is 4.57 Å². The minimum absolute atomic E-state index is 0.0677. The molecule has 0 fully saturated rings. The number of nitrogens with zero attached hydrogens (tertiary/aromatic N) is 2. The SMILES string of the molecule is Cn1c(C(F)(F)F)c(CCC#N)c2ccc(Br)cc21. The van der Waals surface area contributed by atoms with Gasteiger partial charge in [-0.15, -0.1) is 0 Å². The predicted octanol–water partition coefficient (Wildman–Crippen LogP) is 4.42. The van der Waals surface area contributed by atoms with Crippen LogP contribution in [0.25, 0.3) is 10.9 Å². The second-order valence-electron chi connectivity index (χ2n) is 4.20. The predicted molar refractivity (Wildman–Crippen MR) is 69.6 cm³/mol. The van der Waals surface area contributed by atoms with E-state index in [1.807, 2.05) is 6.07 Å². The standard InChI is InChI=1S/C13H10BrF3N2/c1-19-11-7-8(14)4-5-9(11)10(3-2-6-18)12(19)13(15,16)17/h4-5,7H,2-3H2,1H3. The number of hydrogen-bond donors (Lipinski definition) is 0. The summed E-state index contributed by atoms with van der Waals surface area (Å²) in [6, 6.07) is 6.91. The third-order valence-corrected chi connectivity index (χ3v) is 3.52. The zero-order chi connectivity index (χ0) is 14.2. The van der Waals surface area contributed by atoms with Crippen LogP contribution in [-0.2, 0) is 19.6 Å². The van der Waals surface area contributed by atoms with Crippen molar-refractivity contribution in [2.24, 2.45) is 7.05 Å². The van der Waals surface area contributed by atoms with Crippen molar-refractivity contribution >= 4 is 26.8 Å². The Kier molecular flexibility index (Phi) is 3.59. The normalized spacial score (nSPS) is 11.8. The van der Waals surface area contributed by atoms with Crippen LogP contribution in [0.4, 0.5) is 13.2 Å². The van der Waals surface area contributed by atoms with Crippen LogP contribution in [-0.4, -0.2) is 4.57 Å². The van der Waals surface area contributed by atoms with E-state index < -0.39 is 11.9 Å². The lowest BCUT2D eigenvalue weighted by Crippen LogP contribution is -2.13. The fourth-order valence-electron chi connectivity index (χ4n) is 2.28. The summed E-state index contributed by atoms with van der Waals surface area (Å²) in [5, 5.41) is 9.15. The molecule has 0 saturated heterocycles. The van der Waals surface area contributed by atoms with Gasteiger partial charge in [0.05, 0.1) is 6.07 Å². The van der Waals surface area contributed by atoms with Crippen molar-refractivity contribution in [1.29, 1.82) is 5.26 Å².